The summed E-state index contributed by atoms with van der Waals surface area (Å²) < 4.78 is 5.73. The Morgan fingerprint density at radius 3 is 2.86 bits per heavy atom. The molecule has 1 saturated heterocycles. The largest absolute Gasteiger partial charge is 0.384 e. The molecule has 1 aromatic rings. The number of carbonyl (C=O) groups excluding carboxylic acids is 1. The van der Waals surface area contributed by atoms with Crippen LogP contribution >= 0.6 is 0 Å². The molecule has 1 unspecified atom stereocenters. The molecule has 8 heteroatoms. The smallest absolute Gasteiger partial charge is 0.300 e. The summed E-state index contributed by atoms with van der Waals surface area (Å²) in [6, 6.07) is 1.24. The van der Waals surface area contributed by atoms with Gasteiger partial charge in [0.25, 0.3) is 11.6 Å². The number of anilines is 1. The van der Waals surface area contributed by atoms with E-state index in [0.29, 0.717) is 13.1 Å². The average Bonchev–Trinajstić information content (AvgIpc) is 2.34. The molecular weight excluding hydrogens is 276 g/mol. The van der Waals surface area contributed by atoms with E-state index in [1.807, 2.05) is 20.8 Å². The number of pyridine rings is 1. The molecule has 2 N–H and O–H groups in total. The topological polar surface area (TPSA) is 112 Å². The number of hydrogen-bond donors (Lipinski definition) is 1. The van der Waals surface area contributed by atoms with Gasteiger partial charge in [0.15, 0.2) is 0 Å². The SMILES string of the molecule is CC1CN(C(=O)c2cc(N)ncc2[N+](=O)[O-])CC(C)(C)O1. The predicted molar refractivity (Wildman–Crippen MR) is 75.8 cm³/mol. The highest BCUT2D eigenvalue weighted by atomic mass is 16.6. The van der Waals surface area contributed by atoms with Gasteiger partial charge in [-0.05, 0) is 26.8 Å². The molecular formula is C13H18N4O4. The molecule has 1 aliphatic heterocycles. The Bertz CT molecular complexity index is 588. The number of nitrogen functional groups attached to an aromatic ring is 1. The standard InChI is InChI=1S/C13H18N4O4/c1-8-6-16(7-13(2,3)21-8)12(18)9-4-11(14)15-5-10(9)17(19)20/h4-5,8H,6-7H2,1-3H3,(H2,14,15). The van der Waals surface area contributed by atoms with Gasteiger partial charge >= 0.3 is 0 Å². The number of nitrogens with zero attached hydrogens (tertiary/aromatic N) is 3. The van der Waals surface area contributed by atoms with E-state index in [2.05, 4.69) is 4.98 Å². The number of hydrogen-bond acceptors (Lipinski definition) is 6. The van der Waals surface area contributed by atoms with Crippen LogP contribution in [0.3, 0.4) is 0 Å². The van der Waals surface area contributed by atoms with E-state index in [-0.39, 0.29) is 23.2 Å². The zero-order valence-corrected chi connectivity index (χ0v) is 12.2. The Kier molecular flexibility index (Phi) is 3.82. The zero-order chi connectivity index (χ0) is 15.8. The van der Waals surface area contributed by atoms with E-state index >= 15 is 0 Å². The average molecular weight is 294 g/mol. The van der Waals surface area contributed by atoms with Gasteiger partial charge in [-0.2, -0.15) is 0 Å². The molecule has 0 aromatic carbocycles. The number of nitro groups is 1. The third-order valence-corrected chi connectivity index (χ3v) is 3.19. The van der Waals surface area contributed by atoms with E-state index in [1.54, 1.807) is 4.90 Å². The van der Waals surface area contributed by atoms with Gasteiger partial charge in [-0.15, -0.1) is 0 Å². The van der Waals surface area contributed by atoms with Crippen molar-refractivity contribution in [3.63, 3.8) is 0 Å². The van der Waals surface area contributed by atoms with Crippen molar-refractivity contribution in [2.45, 2.75) is 32.5 Å². The molecule has 2 rings (SSSR count). The first-order chi connectivity index (χ1) is 9.69. The van der Waals surface area contributed by atoms with Crippen LogP contribution < -0.4 is 5.73 Å². The minimum Gasteiger partial charge on any atom is -0.384 e. The summed E-state index contributed by atoms with van der Waals surface area (Å²) in [4.78, 5) is 28.2. The number of rotatable bonds is 2. The number of carbonyl (C=O) groups is 1. The quantitative estimate of drug-likeness (QED) is 0.648. The maximum absolute atomic E-state index is 12.6. The number of nitrogens with two attached hydrogens (primary N) is 1. The minimum atomic E-state index is -0.630. The maximum Gasteiger partial charge on any atom is 0.300 e. The van der Waals surface area contributed by atoms with Gasteiger partial charge in [0.05, 0.1) is 16.6 Å². The van der Waals surface area contributed by atoms with Crippen molar-refractivity contribution in [2.75, 3.05) is 18.8 Å². The Hall–Kier alpha value is -2.22. The molecule has 8 nitrogen and oxygen atoms in total. The molecule has 0 saturated carbocycles. The van der Waals surface area contributed by atoms with Crippen LogP contribution in [-0.4, -0.2) is 45.5 Å². The van der Waals surface area contributed by atoms with E-state index < -0.39 is 16.4 Å². The lowest BCUT2D eigenvalue weighted by Crippen LogP contribution is -2.53. The van der Waals surface area contributed by atoms with Crippen molar-refractivity contribution >= 4 is 17.4 Å². The number of ether oxygens (including phenoxy) is 1. The second-order valence-electron chi connectivity index (χ2n) is 5.76. The molecule has 114 valence electrons. The summed E-state index contributed by atoms with van der Waals surface area (Å²) in [6.07, 6.45) is 0.869. The fourth-order valence-electron chi connectivity index (χ4n) is 2.56. The first-order valence-electron chi connectivity index (χ1n) is 6.56. The number of amides is 1. The van der Waals surface area contributed by atoms with Crippen LogP contribution in [0.2, 0.25) is 0 Å². The fraction of sp³-hybridized carbons (Fsp3) is 0.538. The first kappa shape index (κ1) is 15.2. The van der Waals surface area contributed by atoms with E-state index in [1.165, 1.54) is 6.07 Å². The summed E-state index contributed by atoms with van der Waals surface area (Å²) in [5.74, 6) is -0.358. The van der Waals surface area contributed by atoms with Gasteiger partial charge in [-0.1, -0.05) is 0 Å². The molecule has 0 bridgehead atoms. The van der Waals surface area contributed by atoms with Crippen molar-refractivity contribution < 1.29 is 14.5 Å². The molecule has 0 aliphatic carbocycles. The summed E-state index contributed by atoms with van der Waals surface area (Å²) in [5.41, 5.74) is 4.66. The van der Waals surface area contributed by atoms with Crippen LogP contribution in [-0.2, 0) is 4.74 Å². The fourth-order valence-corrected chi connectivity index (χ4v) is 2.56. The molecule has 1 aromatic heterocycles. The molecule has 1 fully saturated rings. The van der Waals surface area contributed by atoms with Crippen molar-refractivity contribution in [3.05, 3.63) is 27.9 Å². The van der Waals surface area contributed by atoms with E-state index in [9.17, 15) is 14.9 Å². The lowest BCUT2D eigenvalue weighted by molar-refractivity contribution is -0.385. The summed E-state index contributed by atoms with van der Waals surface area (Å²) in [5, 5.41) is 11.0. The van der Waals surface area contributed by atoms with Crippen LogP contribution in [0.15, 0.2) is 12.3 Å². The molecule has 1 aliphatic rings. The van der Waals surface area contributed by atoms with Gasteiger partial charge in [0, 0.05) is 13.1 Å². The Balaban J connectivity index is 2.36. The van der Waals surface area contributed by atoms with Crippen molar-refractivity contribution in [1.82, 2.24) is 9.88 Å². The first-order valence-corrected chi connectivity index (χ1v) is 6.56. The molecule has 21 heavy (non-hydrogen) atoms. The number of aromatic nitrogens is 1. The van der Waals surface area contributed by atoms with Gasteiger partial charge in [-0.25, -0.2) is 4.98 Å². The summed E-state index contributed by atoms with van der Waals surface area (Å²) in [7, 11) is 0. The van der Waals surface area contributed by atoms with E-state index in [0.717, 1.165) is 6.20 Å². The monoisotopic (exact) mass is 294 g/mol. The van der Waals surface area contributed by atoms with Crippen molar-refractivity contribution in [3.8, 4) is 0 Å². The Morgan fingerprint density at radius 1 is 1.62 bits per heavy atom. The van der Waals surface area contributed by atoms with Crippen LogP contribution in [0.25, 0.3) is 0 Å². The third kappa shape index (κ3) is 3.27. The summed E-state index contributed by atoms with van der Waals surface area (Å²) >= 11 is 0. The highest BCUT2D eigenvalue weighted by Crippen LogP contribution is 2.26. The predicted octanol–water partition coefficient (Wildman–Crippen LogP) is 1.21. The van der Waals surface area contributed by atoms with Gasteiger partial charge in [-0.3, -0.25) is 14.9 Å². The molecule has 2 heterocycles. The minimum absolute atomic E-state index is 0.0441. The lowest BCUT2D eigenvalue weighted by atomic mass is 10.0. The zero-order valence-electron chi connectivity index (χ0n) is 12.2. The maximum atomic E-state index is 12.6. The Morgan fingerprint density at radius 2 is 2.29 bits per heavy atom. The van der Waals surface area contributed by atoms with Crippen LogP contribution in [0.5, 0.6) is 0 Å². The van der Waals surface area contributed by atoms with Crippen molar-refractivity contribution in [2.24, 2.45) is 0 Å². The molecule has 0 spiro atoms. The molecule has 0 radical (unpaired) electrons. The second-order valence-corrected chi connectivity index (χ2v) is 5.76. The number of morpholine rings is 1. The van der Waals surface area contributed by atoms with Crippen molar-refractivity contribution in [1.29, 1.82) is 0 Å². The van der Waals surface area contributed by atoms with Gasteiger partial charge < -0.3 is 15.4 Å². The van der Waals surface area contributed by atoms with Gasteiger partial charge in [0.2, 0.25) is 0 Å². The lowest BCUT2D eigenvalue weighted by Gasteiger charge is -2.41. The third-order valence-electron chi connectivity index (χ3n) is 3.19. The van der Waals surface area contributed by atoms with E-state index in [4.69, 9.17) is 10.5 Å². The molecule has 1 amide bonds. The van der Waals surface area contributed by atoms with Crippen LogP contribution in [0.1, 0.15) is 31.1 Å². The van der Waals surface area contributed by atoms with Crippen LogP contribution in [0, 0.1) is 10.1 Å². The highest BCUT2D eigenvalue weighted by Gasteiger charge is 2.36. The normalized spacial score (nSPS) is 21.1. The highest BCUT2D eigenvalue weighted by molar-refractivity contribution is 5.98. The van der Waals surface area contributed by atoms with Gasteiger partial charge in [0.1, 0.15) is 17.6 Å². The molecule has 1 atom stereocenters. The van der Waals surface area contributed by atoms with Crippen LogP contribution in [0.4, 0.5) is 11.5 Å². The summed E-state index contributed by atoms with van der Waals surface area (Å²) in [6.45, 7) is 6.34. The second kappa shape index (κ2) is 5.28. The Labute approximate surface area is 122 Å².